The van der Waals surface area contributed by atoms with Crippen LogP contribution in [0.25, 0.3) is 0 Å². The van der Waals surface area contributed by atoms with E-state index in [1.807, 2.05) is 6.92 Å². The lowest BCUT2D eigenvalue weighted by atomic mass is 9.50. The molecule has 2 aliphatic carbocycles. The quantitative estimate of drug-likeness (QED) is 0.505. The van der Waals surface area contributed by atoms with Gasteiger partial charge in [-0.2, -0.15) is 0 Å². The summed E-state index contributed by atoms with van der Waals surface area (Å²) in [4.78, 5) is 12.1. The van der Waals surface area contributed by atoms with Crippen molar-refractivity contribution in [3.63, 3.8) is 0 Å². The number of rotatable bonds is 0. The van der Waals surface area contributed by atoms with Crippen LogP contribution in [0.1, 0.15) is 40.0 Å². The van der Waals surface area contributed by atoms with Gasteiger partial charge in [-0.15, -0.1) is 0 Å². The molecule has 0 aromatic rings. The van der Waals surface area contributed by atoms with E-state index < -0.39 is 5.79 Å². The zero-order valence-corrected chi connectivity index (χ0v) is 13.5. The highest BCUT2D eigenvalue weighted by Crippen LogP contribution is 2.70. The number of esters is 1. The number of hydrogen-bond donors (Lipinski definition) is 0. The Balaban J connectivity index is 1.61. The molecule has 22 heavy (non-hydrogen) atoms. The van der Waals surface area contributed by atoms with Crippen LogP contribution in [0, 0.1) is 23.2 Å². The molecule has 0 amide bonds. The zero-order chi connectivity index (χ0) is 15.3. The molecular formula is C17H24O5. The molecule has 0 radical (unpaired) electrons. The molecule has 5 heteroatoms. The minimum absolute atomic E-state index is 0.00126. The Kier molecular flexibility index (Phi) is 2.42. The Morgan fingerprint density at radius 1 is 1.18 bits per heavy atom. The molecule has 3 saturated heterocycles. The van der Waals surface area contributed by atoms with Crippen LogP contribution >= 0.6 is 0 Å². The van der Waals surface area contributed by atoms with Crippen molar-refractivity contribution in [3.8, 4) is 0 Å². The standard InChI is InChI=1S/C17H24O5/c1-9-10-4-5-15(2)13(12(10)21-14(9)18)16(3)11(22-16)8-17(15)19-6-7-20-17/h9-13H,4-8H2,1-3H3/t9-,10-,11-,12+,13+,15+,16-/m0/s1. The van der Waals surface area contributed by atoms with Gasteiger partial charge in [0, 0.05) is 23.7 Å². The lowest BCUT2D eigenvalue weighted by Crippen LogP contribution is -2.65. The molecule has 5 fully saturated rings. The highest BCUT2D eigenvalue weighted by atomic mass is 16.7. The van der Waals surface area contributed by atoms with Crippen LogP contribution in [0.3, 0.4) is 0 Å². The maximum Gasteiger partial charge on any atom is 0.309 e. The first-order chi connectivity index (χ1) is 10.4. The summed E-state index contributed by atoms with van der Waals surface area (Å²) in [7, 11) is 0. The summed E-state index contributed by atoms with van der Waals surface area (Å²) < 4.78 is 24.3. The van der Waals surface area contributed by atoms with E-state index in [0.717, 1.165) is 19.3 Å². The van der Waals surface area contributed by atoms with E-state index in [1.165, 1.54) is 0 Å². The fourth-order valence-electron chi connectivity index (χ4n) is 6.06. The Labute approximate surface area is 130 Å². The van der Waals surface area contributed by atoms with Gasteiger partial charge >= 0.3 is 5.97 Å². The molecule has 5 rings (SSSR count). The first-order valence-electron chi connectivity index (χ1n) is 8.58. The highest BCUT2D eigenvalue weighted by molar-refractivity contribution is 5.75. The van der Waals surface area contributed by atoms with Gasteiger partial charge in [0.25, 0.3) is 0 Å². The molecular weight excluding hydrogens is 284 g/mol. The van der Waals surface area contributed by atoms with Crippen molar-refractivity contribution < 1.29 is 23.7 Å². The number of fused-ring (bicyclic) bond motifs is 6. The maximum atomic E-state index is 12.1. The van der Waals surface area contributed by atoms with Gasteiger partial charge in [0.15, 0.2) is 5.79 Å². The maximum absolute atomic E-state index is 12.1. The van der Waals surface area contributed by atoms with E-state index in [0.29, 0.717) is 19.1 Å². The van der Waals surface area contributed by atoms with Crippen molar-refractivity contribution in [2.75, 3.05) is 13.2 Å². The Bertz CT molecular complexity index is 541. The summed E-state index contributed by atoms with van der Waals surface area (Å²) in [5.74, 6) is -0.137. The Morgan fingerprint density at radius 2 is 1.91 bits per heavy atom. The first kappa shape index (κ1) is 13.8. The monoisotopic (exact) mass is 308 g/mol. The van der Waals surface area contributed by atoms with Gasteiger partial charge in [0.2, 0.25) is 0 Å². The Morgan fingerprint density at radius 3 is 2.64 bits per heavy atom. The largest absolute Gasteiger partial charge is 0.461 e. The topological polar surface area (TPSA) is 57.3 Å². The third-order valence-corrected chi connectivity index (χ3v) is 7.37. The number of epoxide rings is 1. The van der Waals surface area contributed by atoms with Gasteiger partial charge in [0.1, 0.15) is 6.10 Å². The molecule has 122 valence electrons. The SMILES string of the molecule is C[C@@H]1C(=O)O[C@@H]2[C@H]1CC[C@]1(C)[C@@H]2[C@@]2(C)O[C@H]2CC12OCCO2. The summed E-state index contributed by atoms with van der Waals surface area (Å²) in [5, 5.41) is 0. The van der Waals surface area contributed by atoms with Crippen LogP contribution in [0.4, 0.5) is 0 Å². The summed E-state index contributed by atoms with van der Waals surface area (Å²) in [6, 6.07) is 0. The van der Waals surface area contributed by atoms with Gasteiger partial charge in [-0.1, -0.05) is 13.8 Å². The molecule has 3 aliphatic heterocycles. The van der Waals surface area contributed by atoms with Crippen LogP contribution < -0.4 is 0 Å². The minimum atomic E-state index is -0.554. The predicted octanol–water partition coefficient (Wildman–Crippen LogP) is 1.88. The summed E-state index contributed by atoms with van der Waals surface area (Å²) >= 11 is 0. The van der Waals surface area contributed by atoms with Crippen molar-refractivity contribution >= 4 is 5.97 Å². The van der Waals surface area contributed by atoms with Crippen LogP contribution in [-0.4, -0.2) is 42.8 Å². The van der Waals surface area contributed by atoms with Crippen LogP contribution in [0.5, 0.6) is 0 Å². The molecule has 0 bridgehead atoms. The first-order valence-corrected chi connectivity index (χ1v) is 8.58. The summed E-state index contributed by atoms with van der Waals surface area (Å²) in [6.07, 6.45) is 2.92. The second-order valence-electron chi connectivity index (χ2n) is 8.23. The third kappa shape index (κ3) is 1.35. The van der Waals surface area contributed by atoms with Gasteiger partial charge in [-0.05, 0) is 19.8 Å². The fourth-order valence-corrected chi connectivity index (χ4v) is 6.06. The summed E-state index contributed by atoms with van der Waals surface area (Å²) in [6.45, 7) is 7.75. The van der Waals surface area contributed by atoms with Crippen molar-refractivity contribution in [2.45, 2.75) is 63.6 Å². The van der Waals surface area contributed by atoms with Crippen molar-refractivity contribution in [3.05, 3.63) is 0 Å². The third-order valence-electron chi connectivity index (χ3n) is 7.37. The number of carbonyl (C=O) groups excluding carboxylic acids is 1. The van der Waals surface area contributed by atoms with Gasteiger partial charge < -0.3 is 18.9 Å². The fraction of sp³-hybridized carbons (Fsp3) is 0.941. The van der Waals surface area contributed by atoms with Crippen molar-refractivity contribution in [1.29, 1.82) is 0 Å². The lowest BCUT2D eigenvalue weighted by molar-refractivity contribution is -0.289. The van der Waals surface area contributed by atoms with Gasteiger partial charge in [0.05, 0.1) is 30.8 Å². The molecule has 2 saturated carbocycles. The molecule has 0 N–H and O–H groups in total. The van der Waals surface area contributed by atoms with Crippen LogP contribution in [0.15, 0.2) is 0 Å². The van der Waals surface area contributed by atoms with E-state index >= 15 is 0 Å². The predicted molar refractivity (Wildman–Crippen MR) is 75.9 cm³/mol. The van der Waals surface area contributed by atoms with Crippen molar-refractivity contribution in [1.82, 2.24) is 0 Å². The molecule has 3 heterocycles. The highest BCUT2D eigenvalue weighted by Gasteiger charge is 2.79. The van der Waals surface area contributed by atoms with Crippen molar-refractivity contribution in [2.24, 2.45) is 23.2 Å². The van der Waals surface area contributed by atoms with Crippen LogP contribution in [0.2, 0.25) is 0 Å². The molecule has 7 atom stereocenters. The molecule has 1 spiro atoms. The van der Waals surface area contributed by atoms with Gasteiger partial charge in [-0.3, -0.25) is 4.79 Å². The second kappa shape index (κ2) is 3.87. The van der Waals surface area contributed by atoms with E-state index in [4.69, 9.17) is 18.9 Å². The molecule has 0 aromatic carbocycles. The van der Waals surface area contributed by atoms with Crippen LogP contribution in [-0.2, 0) is 23.7 Å². The zero-order valence-electron chi connectivity index (χ0n) is 13.5. The molecule has 5 aliphatic rings. The number of ether oxygens (including phenoxy) is 4. The lowest BCUT2D eigenvalue weighted by Gasteiger charge is -2.57. The smallest absolute Gasteiger partial charge is 0.309 e. The summed E-state index contributed by atoms with van der Waals surface area (Å²) in [5.41, 5.74) is -0.347. The normalized spacial score (nSPS) is 58.0. The van der Waals surface area contributed by atoms with E-state index in [9.17, 15) is 4.79 Å². The molecule has 5 nitrogen and oxygen atoms in total. The van der Waals surface area contributed by atoms with E-state index in [1.54, 1.807) is 0 Å². The van der Waals surface area contributed by atoms with E-state index in [2.05, 4.69) is 13.8 Å². The average molecular weight is 308 g/mol. The Hall–Kier alpha value is -0.650. The minimum Gasteiger partial charge on any atom is -0.461 e. The van der Waals surface area contributed by atoms with Gasteiger partial charge in [-0.25, -0.2) is 0 Å². The molecule has 0 aromatic heterocycles. The average Bonchev–Trinajstić information content (AvgIpc) is 2.83. The number of hydrogen-bond acceptors (Lipinski definition) is 5. The second-order valence-corrected chi connectivity index (χ2v) is 8.23. The number of carbonyl (C=O) groups is 1. The van der Waals surface area contributed by atoms with E-state index in [-0.39, 0.29) is 41.0 Å². The molecule has 0 unspecified atom stereocenters.